The summed E-state index contributed by atoms with van der Waals surface area (Å²) in [6.45, 7) is 2.23. The molecule has 1 unspecified atom stereocenters. The van der Waals surface area contributed by atoms with Crippen LogP contribution in [0.4, 0.5) is 5.69 Å². The topological polar surface area (TPSA) is 47.6 Å². The number of methoxy groups -OCH3 is 1. The summed E-state index contributed by atoms with van der Waals surface area (Å²) in [6.07, 6.45) is 5.53. The van der Waals surface area contributed by atoms with E-state index in [-0.39, 0.29) is 11.9 Å². The van der Waals surface area contributed by atoms with E-state index in [0.29, 0.717) is 6.61 Å². The van der Waals surface area contributed by atoms with Crippen molar-refractivity contribution in [3.8, 4) is 5.75 Å². The summed E-state index contributed by atoms with van der Waals surface area (Å²) in [5, 5.41) is 3.58. The van der Waals surface area contributed by atoms with Crippen LogP contribution in [-0.4, -0.2) is 19.7 Å². The van der Waals surface area contributed by atoms with Gasteiger partial charge in [0.15, 0.2) is 5.54 Å². The van der Waals surface area contributed by atoms with Gasteiger partial charge in [0.2, 0.25) is 0 Å². The second-order valence-corrected chi connectivity index (χ2v) is 7.08. The summed E-state index contributed by atoms with van der Waals surface area (Å²) < 4.78 is 10.9. The number of hydrogen-bond donors (Lipinski definition) is 1. The number of rotatable bonds is 7. The van der Waals surface area contributed by atoms with Crippen LogP contribution in [0.5, 0.6) is 5.75 Å². The number of nitrogens with one attached hydrogen (secondary N) is 1. The Balaban J connectivity index is 2.07. The Morgan fingerprint density at radius 3 is 2.30 bits per heavy atom. The predicted octanol–water partition coefficient (Wildman–Crippen LogP) is 5.15. The second kappa shape index (κ2) is 8.94. The highest BCUT2D eigenvalue weighted by Crippen LogP contribution is 2.43. The molecule has 0 saturated heterocycles. The minimum absolute atomic E-state index is 0.190. The lowest BCUT2D eigenvalue weighted by Gasteiger charge is -2.42. The van der Waals surface area contributed by atoms with E-state index in [1.807, 2.05) is 61.5 Å². The van der Waals surface area contributed by atoms with Crippen molar-refractivity contribution in [1.82, 2.24) is 0 Å². The van der Waals surface area contributed by atoms with Gasteiger partial charge in [0.1, 0.15) is 5.75 Å². The van der Waals surface area contributed by atoms with Gasteiger partial charge in [-0.1, -0.05) is 49.6 Å². The van der Waals surface area contributed by atoms with Gasteiger partial charge >= 0.3 is 5.97 Å². The SMILES string of the molecule is CCOC(=O)C(Nc1ccc(OC)cc1)(c1ccccc1)C1CCCCC1. The minimum atomic E-state index is -0.883. The largest absolute Gasteiger partial charge is 0.497 e. The summed E-state index contributed by atoms with van der Waals surface area (Å²) in [5.74, 6) is 0.786. The van der Waals surface area contributed by atoms with Crippen LogP contribution in [0.25, 0.3) is 0 Å². The van der Waals surface area contributed by atoms with Crippen LogP contribution in [0.1, 0.15) is 44.6 Å². The highest BCUT2D eigenvalue weighted by Gasteiger charge is 2.48. The molecule has 1 saturated carbocycles. The van der Waals surface area contributed by atoms with E-state index in [1.54, 1.807) is 7.11 Å². The van der Waals surface area contributed by atoms with Gasteiger partial charge in [-0.3, -0.25) is 0 Å². The normalized spacial score (nSPS) is 17.0. The Labute approximate surface area is 161 Å². The molecule has 0 heterocycles. The van der Waals surface area contributed by atoms with Crippen LogP contribution in [0.3, 0.4) is 0 Å². The maximum atomic E-state index is 13.4. The maximum Gasteiger partial charge on any atom is 0.336 e. The molecule has 1 atom stereocenters. The Kier molecular flexibility index (Phi) is 6.38. The molecule has 144 valence electrons. The number of carbonyl (C=O) groups is 1. The van der Waals surface area contributed by atoms with Crippen LogP contribution >= 0.6 is 0 Å². The van der Waals surface area contributed by atoms with Gasteiger partial charge in [-0.05, 0) is 55.5 Å². The van der Waals surface area contributed by atoms with E-state index < -0.39 is 5.54 Å². The highest BCUT2D eigenvalue weighted by atomic mass is 16.5. The predicted molar refractivity (Wildman–Crippen MR) is 108 cm³/mol. The van der Waals surface area contributed by atoms with Crippen molar-refractivity contribution in [2.45, 2.75) is 44.6 Å². The van der Waals surface area contributed by atoms with E-state index in [1.165, 1.54) is 6.42 Å². The van der Waals surface area contributed by atoms with Gasteiger partial charge in [0.05, 0.1) is 13.7 Å². The van der Waals surface area contributed by atoms with E-state index in [0.717, 1.165) is 42.7 Å². The Hall–Kier alpha value is -2.49. The molecule has 0 bridgehead atoms. The monoisotopic (exact) mass is 367 g/mol. The molecule has 2 aromatic carbocycles. The van der Waals surface area contributed by atoms with E-state index in [4.69, 9.17) is 9.47 Å². The zero-order valence-corrected chi connectivity index (χ0v) is 16.2. The summed E-state index contributed by atoms with van der Waals surface area (Å²) in [6, 6.07) is 17.7. The average Bonchev–Trinajstić information content (AvgIpc) is 2.74. The molecule has 0 amide bonds. The lowest BCUT2D eigenvalue weighted by atomic mass is 9.70. The molecule has 0 spiro atoms. The number of ether oxygens (including phenoxy) is 2. The fourth-order valence-corrected chi connectivity index (χ4v) is 4.13. The van der Waals surface area contributed by atoms with Crippen LogP contribution < -0.4 is 10.1 Å². The first-order chi connectivity index (χ1) is 13.2. The second-order valence-electron chi connectivity index (χ2n) is 7.08. The standard InChI is InChI=1S/C23H29NO3/c1-3-27-22(25)23(18-10-6-4-7-11-18,19-12-8-5-9-13-19)24-20-14-16-21(26-2)17-15-20/h4,6-7,10-11,14-17,19,24H,3,5,8-9,12-13H2,1-2H3. The lowest BCUT2D eigenvalue weighted by molar-refractivity contribution is -0.151. The number of esters is 1. The first kappa shape index (κ1) is 19.3. The van der Waals surface area contributed by atoms with Crippen LogP contribution in [-0.2, 0) is 15.1 Å². The zero-order valence-electron chi connectivity index (χ0n) is 16.2. The van der Waals surface area contributed by atoms with Gasteiger partial charge in [-0.15, -0.1) is 0 Å². The Morgan fingerprint density at radius 2 is 1.70 bits per heavy atom. The molecular weight excluding hydrogens is 338 g/mol. The summed E-state index contributed by atoms with van der Waals surface area (Å²) in [7, 11) is 1.65. The molecule has 1 aliphatic carbocycles. The number of benzene rings is 2. The molecule has 1 N–H and O–H groups in total. The molecule has 0 aliphatic heterocycles. The molecular formula is C23H29NO3. The van der Waals surface area contributed by atoms with Crippen molar-refractivity contribution in [1.29, 1.82) is 0 Å². The van der Waals surface area contributed by atoms with E-state index in [9.17, 15) is 4.79 Å². The Morgan fingerprint density at radius 1 is 1.04 bits per heavy atom. The summed E-state index contributed by atoms with van der Waals surface area (Å²) in [5.41, 5.74) is 0.969. The molecule has 4 nitrogen and oxygen atoms in total. The van der Waals surface area contributed by atoms with Gasteiger partial charge in [0, 0.05) is 5.69 Å². The average molecular weight is 367 g/mol. The third-order valence-corrected chi connectivity index (χ3v) is 5.48. The molecule has 0 radical (unpaired) electrons. The van der Waals surface area contributed by atoms with Crippen molar-refractivity contribution >= 4 is 11.7 Å². The smallest absolute Gasteiger partial charge is 0.336 e. The van der Waals surface area contributed by atoms with Crippen molar-refractivity contribution in [2.24, 2.45) is 5.92 Å². The third kappa shape index (κ3) is 4.10. The van der Waals surface area contributed by atoms with Crippen LogP contribution in [0.2, 0.25) is 0 Å². The first-order valence-corrected chi connectivity index (χ1v) is 9.85. The van der Waals surface area contributed by atoms with Gasteiger partial charge in [0.25, 0.3) is 0 Å². The summed E-state index contributed by atoms with van der Waals surface area (Å²) in [4.78, 5) is 13.4. The van der Waals surface area contributed by atoms with E-state index >= 15 is 0 Å². The highest BCUT2D eigenvalue weighted by molar-refractivity contribution is 5.87. The van der Waals surface area contributed by atoms with Crippen molar-refractivity contribution in [3.63, 3.8) is 0 Å². The van der Waals surface area contributed by atoms with Gasteiger partial charge < -0.3 is 14.8 Å². The van der Waals surface area contributed by atoms with Gasteiger partial charge in [-0.2, -0.15) is 0 Å². The molecule has 27 heavy (non-hydrogen) atoms. The molecule has 1 aliphatic rings. The first-order valence-electron chi connectivity index (χ1n) is 9.85. The van der Waals surface area contributed by atoms with Crippen molar-refractivity contribution < 1.29 is 14.3 Å². The number of carbonyl (C=O) groups excluding carboxylic acids is 1. The molecule has 3 rings (SSSR count). The molecule has 0 aromatic heterocycles. The lowest BCUT2D eigenvalue weighted by Crippen LogP contribution is -2.51. The van der Waals surface area contributed by atoms with Crippen molar-refractivity contribution in [2.75, 3.05) is 19.0 Å². The molecule has 2 aromatic rings. The van der Waals surface area contributed by atoms with E-state index in [2.05, 4.69) is 5.32 Å². The fourth-order valence-electron chi connectivity index (χ4n) is 4.13. The molecule has 4 heteroatoms. The third-order valence-electron chi connectivity index (χ3n) is 5.48. The van der Waals surface area contributed by atoms with Crippen molar-refractivity contribution in [3.05, 3.63) is 60.2 Å². The van der Waals surface area contributed by atoms with Gasteiger partial charge in [-0.25, -0.2) is 4.79 Å². The maximum absolute atomic E-state index is 13.4. The number of anilines is 1. The zero-order chi connectivity index (χ0) is 19.1. The molecule has 1 fully saturated rings. The minimum Gasteiger partial charge on any atom is -0.497 e. The van der Waals surface area contributed by atoms with Crippen LogP contribution in [0.15, 0.2) is 54.6 Å². The fraction of sp³-hybridized carbons (Fsp3) is 0.435. The quantitative estimate of drug-likeness (QED) is 0.688. The summed E-state index contributed by atoms with van der Waals surface area (Å²) >= 11 is 0. The Bertz CT molecular complexity index is 723. The van der Waals surface area contributed by atoms with Crippen LogP contribution in [0, 0.1) is 5.92 Å². The number of hydrogen-bond acceptors (Lipinski definition) is 4.